The quantitative estimate of drug-likeness (QED) is 0.797. The summed E-state index contributed by atoms with van der Waals surface area (Å²) in [4.78, 5) is 11.4. The van der Waals surface area contributed by atoms with E-state index in [4.69, 9.17) is 4.74 Å². The number of aryl methyl sites for hydroxylation is 1. The van der Waals surface area contributed by atoms with E-state index in [2.05, 4.69) is 23.0 Å². The number of carbonyl (C=O) groups is 1. The molecule has 0 spiro atoms. The number of nitrogens with zero attached hydrogens (tertiary/aromatic N) is 1. The van der Waals surface area contributed by atoms with Crippen LogP contribution in [0.15, 0.2) is 18.5 Å². The second-order valence-corrected chi connectivity index (χ2v) is 5.04. The maximum absolute atomic E-state index is 11.4. The standard InChI is InChI=1S/C13H22N2O2/c1-5-15-7-6-11(10-15)8-14-9-12(16)17-13(2,3)4/h6-7,10,14H,5,8-9H2,1-4H3. The molecule has 4 heteroatoms. The molecular weight excluding hydrogens is 216 g/mol. The van der Waals surface area contributed by atoms with Gasteiger partial charge < -0.3 is 14.6 Å². The Hall–Kier alpha value is -1.29. The van der Waals surface area contributed by atoms with Gasteiger partial charge in [-0.3, -0.25) is 4.79 Å². The molecule has 0 saturated carbocycles. The van der Waals surface area contributed by atoms with Crippen molar-refractivity contribution in [2.75, 3.05) is 6.54 Å². The Morgan fingerprint density at radius 3 is 2.71 bits per heavy atom. The molecule has 0 amide bonds. The summed E-state index contributed by atoms with van der Waals surface area (Å²) < 4.78 is 7.30. The smallest absolute Gasteiger partial charge is 0.320 e. The average Bonchev–Trinajstić information content (AvgIpc) is 2.63. The Kier molecular flexibility index (Phi) is 4.75. The van der Waals surface area contributed by atoms with Crippen molar-refractivity contribution in [2.24, 2.45) is 0 Å². The number of hydrogen-bond donors (Lipinski definition) is 1. The number of nitrogens with one attached hydrogen (secondary N) is 1. The predicted octanol–water partition coefficient (Wildman–Crippen LogP) is 1.94. The van der Waals surface area contributed by atoms with E-state index < -0.39 is 5.60 Å². The third-order valence-corrected chi connectivity index (χ3v) is 2.20. The van der Waals surface area contributed by atoms with E-state index >= 15 is 0 Å². The molecular formula is C13H22N2O2. The van der Waals surface area contributed by atoms with Gasteiger partial charge in [0.2, 0.25) is 0 Å². The van der Waals surface area contributed by atoms with Crippen LogP contribution in [0.2, 0.25) is 0 Å². The van der Waals surface area contributed by atoms with Crippen LogP contribution in [0.25, 0.3) is 0 Å². The largest absolute Gasteiger partial charge is 0.459 e. The summed E-state index contributed by atoms with van der Waals surface area (Å²) in [6.07, 6.45) is 4.10. The van der Waals surface area contributed by atoms with Crippen LogP contribution in [-0.4, -0.2) is 22.7 Å². The molecule has 0 fully saturated rings. The van der Waals surface area contributed by atoms with E-state index in [-0.39, 0.29) is 12.5 Å². The minimum Gasteiger partial charge on any atom is -0.459 e. The molecule has 0 bridgehead atoms. The maximum Gasteiger partial charge on any atom is 0.320 e. The normalized spacial score (nSPS) is 11.5. The van der Waals surface area contributed by atoms with Crippen molar-refractivity contribution in [3.63, 3.8) is 0 Å². The van der Waals surface area contributed by atoms with Gasteiger partial charge in [-0.05, 0) is 39.3 Å². The number of carbonyl (C=O) groups excluding carboxylic acids is 1. The minimum absolute atomic E-state index is 0.215. The van der Waals surface area contributed by atoms with Crippen molar-refractivity contribution in [2.45, 2.75) is 46.4 Å². The molecule has 0 aliphatic carbocycles. The summed E-state index contributed by atoms with van der Waals surface area (Å²) in [7, 11) is 0. The molecule has 0 aromatic carbocycles. The molecule has 1 heterocycles. The molecule has 17 heavy (non-hydrogen) atoms. The zero-order valence-electron chi connectivity index (χ0n) is 11.1. The van der Waals surface area contributed by atoms with Crippen LogP contribution in [0.4, 0.5) is 0 Å². The number of hydrogen-bond acceptors (Lipinski definition) is 3. The van der Waals surface area contributed by atoms with E-state index in [0.717, 1.165) is 6.54 Å². The molecule has 1 rings (SSSR count). The van der Waals surface area contributed by atoms with Crippen molar-refractivity contribution < 1.29 is 9.53 Å². The van der Waals surface area contributed by atoms with Gasteiger partial charge in [-0.1, -0.05) is 0 Å². The Balaban J connectivity index is 2.26. The lowest BCUT2D eigenvalue weighted by Crippen LogP contribution is -2.31. The molecule has 0 atom stereocenters. The molecule has 96 valence electrons. The van der Waals surface area contributed by atoms with Gasteiger partial charge in [0.1, 0.15) is 5.60 Å². The second kappa shape index (κ2) is 5.87. The number of rotatable bonds is 5. The van der Waals surface area contributed by atoms with E-state index in [1.54, 1.807) is 0 Å². The zero-order chi connectivity index (χ0) is 12.9. The summed E-state index contributed by atoms with van der Waals surface area (Å²) >= 11 is 0. The minimum atomic E-state index is -0.412. The molecule has 1 aromatic rings. The van der Waals surface area contributed by atoms with E-state index in [1.165, 1.54) is 5.56 Å². The topological polar surface area (TPSA) is 43.3 Å². The number of ether oxygens (including phenoxy) is 1. The van der Waals surface area contributed by atoms with Crippen molar-refractivity contribution in [1.29, 1.82) is 0 Å². The van der Waals surface area contributed by atoms with Gasteiger partial charge >= 0.3 is 5.97 Å². The lowest BCUT2D eigenvalue weighted by molar-refractivity contribution is -0.153. The monoisotopic (exact) mass is 238 g/mol. The Bertz CT molecular complexity index is 364. The molecule has 0 aliphatic rings. The summed E-state index contributed by atoms with van der Waals surface area (Å²) in [5.74, 6) is -0.215. The molecule has 4 nitrogen and oxygen atoms in total. The van der Waals surface area contributed by atoms with Crippen LogP contribution in [0.3, 0.4) is 0 Å². The third-order valence-electron chi connectivity index (χ3n) is 2.20. The van der Waals surface area contributed by atoms with Crippen LogP contribution >= 0.6 is 0 Å². The lowest BCUT2D eigenvalue weighted by Gasteiger charge is -2.19. The third kappa shape index (κ3) is 5.54. The first-order valence-electron chi connectivity index (χ1n) is 5.98. The van der Waals surface area contributed by atoms with Crippen LogP contribution in [-0.2, 0) is 22.6 Å². The molecule has 0 aliphatic heterocycles. The van der Waals surface area contributed by atoms with Gasteiger partial charge in [0.15, 0.2) is 0 Å². The fourth-order valence-corrected chi connectivity index (χ4v) is 1.48. The highest BCUT2D eigenvalue weighted by Gasteiger charge is 2.15. The SMILES string of the molecule is CCn1ccc(CNCC(=O)OC(C)(C)C)c1. The first-order valence-corrected chi connectivity index (χ1v) is 5.98. The number of esters is 1. The number of aromatic nitrogens is 1. The van der Waals surface area contributed by atoms with Crippen LogP contribution < -0.4 is 5.32 Å². The Labute approximate surface area is 103 Å². The van der Waals surface area contributed by atoms with Gasteiger partial charge in [0, 0.05) is 25.5 Å². The van der Waals surface area contributed by atoms with E-state index in [0.29, 0.717) is 6.54 Å². The molecule has 0 radical (unpaired) electrons. The Morgan fingerprint density at radius 2 is 2.18 bits per heavy atom. The van der Waals surface area contributed by atoms with Gasteiger partial charge in [0.25, 0.3) is 0 Å². The summed E-state index contributed by atoms with van der Waals surface area (Å²) in [6.45, 7) is 9.59. The van der Waals surface area contributed by atoms with Gasteiger partial charge in [-0.15, -0.1) is 0 Å². The van der Waals surface area contributed by atoms with Gasteiger partial charge in [-0.2, -0.15) is 0 Å². The highest BCUT2D eigenvalue weighted by molar-refractivity contribution is 5.72. The van der Waals surface area contributed by atoms with E-state index in [1.807, 2.05) is 33.0 Å². The van der Waals surface area contributed by atoms with Crippen molar-refractivity contribution >= 4 is 5.97 Å². The predicted molar refractivity (Wildman–Crippen MR) is 67.7 cm³/mol. The average molecular weight is 238 g/mol. The summed E-state index contributed by atoms with van der Waals surface area (Å²) in [5, 5.41) is 3.07. The Morgan fingerprint density at radius 1 is 1.47 bits per heavy atom. The van der Waals surface area contributed by atoms with Crippen molar-refractivity contribution in [3.8, 4) is 0 Å². The first kappa shape index (κ1) is 13.8. The van der Waals surface area contributed by atoms with E-state index in [9.17, 15) is 4.79 Å². The molecule has 0 saturated heterocycles. The molecule has 0 unspecified atom stereocenters. The highest BCUT2D eigenvalue weighted by Crippen LogP contribution is 2.06. The van der Waals surface area contributed by atoms with Gasteiger partial charge in [0.05, 0.1) is 6.54 Å². The fourth-order valence-electron chi connectivity index (χ4n) is 1.48. The summed E-state index contributed by atoms with van der Waals surface area (Å²) in [5.41, 5.74) is 0.764. The van der Waals surface area contributed by atoms with Crippen molar-refractivity contribution in [1.82, 2.24) is 9.88 Å². The first-order chi connectivity index (χ1) is 7.90. The van der Waals surface area contributed by atoms with Gasteiger partial charge in [-0.25, -0.2) is 0 Å². The van der Waals surface area contributed by atoms with Crippen LogP contribution in [0, 0.1) is 0 Å². The van der Waals surface area contributed by atoms with Crippen molar-refractivity contribution in [3.05, 3.63) is 24.0 Å². The molecule has 1 aromatic heterocycles. The maximum atomic E-state index is 11.4. The fraction of sp³-hybridized carbons (Fsp3) is 0.615. The zero-order valence-corrected chi connectivity index (χ0v) is 11.1. The highest BCUT2D eigenvalue weighted by atomic mass is 16.6. The van der Waals surface area contributed by atoms with Crippen LogP contribution in [0.1, 0.15) is 33.3 Å². The van der Waals surface area contributed by atoms with Crippen LogP contribution in [0.5, 0.6) is 0 Å². The lowest BCUT2D eigenvalue weighted by atomic mass is 10.2. The summed E-state index contributed by atoms with van der Waals surface area (Å²) in [6, 6.07) is 2.05. The molecule has 1 N–H and O–H groups in total. The second-order valence-electron chi connectivity index (χ2n) is 5.04.